The molecule has 4 heteroatoms. The zero-order chi connectivity index (χ0) is 16.2. The van der Waals surface area contributed by atoms with E-state index in [1.54, 1.807) is 0 Å². The molecule has 0 amide bonds. The Hall–Kier alpha value is -2.59. The summed E-state index contributed by atoms with van der Waals surface area (Å²) in [5.41, 5.74) is 2.59. The van der Waals surface area contributed by atoms with Crippen LogP contribution in [0.5, 0.6) is 5.75 Å². The number of aromatic nitrogens is 1. The van der Waals surface area contributed by atoms with Crippen LogP contribution in [0.3, 0.4) is 0 Å². The van der Waals surface area contributed by atoms with Crippen molar-refractivity contribution < 1.29 is 14.3 Å². The van der Waals surface area contributed by atoms with Crippen LogP contribution < -0.4 is 4.74 Å². The summed E-state index contributed by atoms with van der Waals surface area (Å²) in [5, 5.41) is 9.07. The van der Waals surface area contributed by atoms with Crippen LogP contribution >= 0.6 is 0 Å². The molecule has 0 fully saturated rings. The molecule has 0 aliphatic heterocycles. The average Bonchev–Trinajstić information content (AvgIpc) is 2.98. The Kier molecular flexibility index (Phi) is 4.44. The maximum absolute atomic E-state index is 9.07. The molecule has 3 rings (SSSR count). The van der Waals surface area contributed by atoms with Gasteiger partial charge in [0.05, 0.1) is 6.61 Å². The second-order valence-corrected chi connectivity index (χ2v) is 5.39. The highest BCUT2D eigenvalue weighted by Gasteiger charge is 2.18. The summed E-state index contributed by atoms with van der Waals surface area (Å²) < 4.78 is 11.7. The maximum Gasteiger partial charge on any atom is 0.226 e. The van der Waals surface area contributed by atoms with Crippen LogP contribution in [-0.2, 0) is 6.61 Å². The fraction of sp³-hybridized carbons (Fsp3) is 0.211. The van der Waals surface area contributed by atoms with Gasteiger partial charge in [0.2, 0.25) is 5.89 Å². The first-order valence-corrected chi connectivity index (χ1v) is 7.56. The van der Waals surface area contributed by atoms with E-state index in [9.17, 15) is 0 Å². The summed E-state index contributed by atoms with van der Waals surface area (Å²) in [6, 6.07) is 17.2. The molecule has 4 nitrogen and oxygen atoms in total. The number of nitrogens with zero attached hydrogens (tertiary/aromatic N) is 1. The summed E-state index contributed by atoms with van der Waals surface area (Å²) in [5.74, 6) is 2.09. The lowest BCUT2D eigenvalue weighted by molar-refractivity contribution is 0.220. The first kappa shape index (κ1) is 15.3. The predicted molar refractivity (Wildman–Crippen MR) is 88.1 cm³/mol. The molecule has 1 unspecified atom stereocenters. The molecule has 0 saturated heterocycles. The van der Waals surface area contributed by atoms with Gasteiger partial charge in [-0.25, -0.2) is 4.98 Å². The molecular weight excluding hydrogens is 290 g/mol. The maximum atomic E-state index is 9.07. The van der Waals surface area contributed by atoms with Crippen molar-refractivity contribution in [1.82, 2.24) is 4.98 Å². The Morgan fingerprint density at radius 3 is 2.43 bits per heavy atom. The number of ether oxygens (including phenoxy) is 1. The third-order valence-electron chi connectivity index (χ3n) is 3.66. The van der Waals surface area contributed by atoms with Gasteiger partial charge in [-0.05, 0) is 43.7 Å². The highest BCUT2D eigenvalue weighted by Crippen LogP contribution is 2.28. The number of rotatable bonds is 5. The van der Waals surface area contributed by atoms with E-state index in [2.05, 4.69) is 4.98 Å². The van der Waals surface area contributed by atoms with Crippen molar-refractivity contribution in [3.8, 4) is 17.2 Å². The fourth-order valence-corrected chi connectivity index (χ4v) is 2.42. The first-order chi connectivity index (χ1) is 11.2. The van der Waals surface area contributed by atoms with Gasteiger partial charge in [0.25, 0.3) is 0 Å². The van der Waals surface area contributed by atoms with Gasteiger partial charge >= 0.3 is 0 Å². The average molecular weight is 309 g/mol. The Morgan fingerprint density at radius 2 is 1.78 bits per heavy atom. The largest absolute Gasteiger partial charge is 0.484 e. The standard InChI is InChI=1S/C19H19NO3/c1-13(22-17-10-8-15(12-21)9-11-17)18-14(2)23-19(20-18)16-6-4-3-5-7-16/h3-11,13,21H,12H2,1-2H3. The summed E-state index contributed by atoms with van der Waals surface area (Å²) in [7, 11) is 0. The van der Waals surface area contributed by atoms with Crippen LogP contribution in [0.25, 0.3) is 11.5 Å². The molecule has 118 valence electrons. The van der Waals surface area contributed by atoms with Gasteiger partial charge in [0.15, 0.2) is 0 Å². The van der Waals surface area contributed by atoms with Gasteiger partial charge in [-0.3, -0.25) is 0 Å². The van der Waals surface area contributed by atoms with Crippen LogP contribution in [0.1, 0.15) is 30.0 Å². The summed E-state index contributed by atoms with van der Waals surface area (Å²) in [6.45, 7) is 3.86. The number of benzene rings is 2. The highest BCUT2D eigenvalue weighted by molar-refractivity contribution is 5.53. The molecular formula is C19H19NO3. The van der Waals surface area contributed by atoms with Crippen molar-refractivity contribution in [2.24, 2.45) is 0 Å². The van der Waals surface area contributed by atoms with Crippen LogP contribution in [0, 0.1) is 6.92 Å². The number of aryl methyl sites for hydroxylation is 1. The van der Waals surface area contributed by atoms with E-state index >= 15 is 0 Å². The number of hydrogen-bond acceptors (Lipinski definition) is 4. The smallest absolute Gasteiger partial charge is 0.226 e. The van der Waals surface area contributed by atoms with E-state index in [0.717, 1.165) is 28.3 Å². The second kappa shape index (κ2) is 6.67. The minimum atomic E-state index is -0.226. The number of hydrogen-bond donors (Lipinski definition) is 1. The lowest BCUT2D eigenvalue weighted by Crippen LogP contribution is -2.05. The lowest BCUT2D eigenvalue weighted by atomic mass is 10.2. The predicted octanol–water partition coefficient (Wildman–Crippen LogP) is 4.28. The zero-order valence-electron chi connectivity index (χ0n) is 13.2. The van der Waals surface area contributed by atoms with E-state index in [-0.39, 0.29) is 12.7 Å². The summed E-state index contributed by atoms with van der Waals surface area (Å²) in [4.78, 5) is 4.58. The van der Waals surface area contributed by atoms with Gasteiger partial charge in [-0.2, -0.15) is 0 Å². The molecule has 1 heterocycles. The highest BCUT2D eigenvalue weighted by atomic mass is 16.5. The first-order valence-electron chi connectivity index (χ1n) is 7.56. The molecule has 1 N–H and O–H groups in total. The monoisotopic (exact) mass is 309 g/mol. The SMILES string of the molecule is Cc1oc(-c2ccccc2)nc1C(C)Oc1ccc(CO)cc1. The molecule has 1 atom stereocenters. The van der Waals surface area contributed by atoms with Crippen LogP contribution in [0.4, 0.5) is 0 Å². The van der Waals surface area contributed by atoms with Gasteiger partial charge in [0.1, 0.15) is 23.3 Å². The minimum absolute atomic E-state index is 0.0265. The molecule has 1 aromatic heterocycles. The molecule has 0 bridgehead atoms. The molecule has 3 aromatic rings. The van der Waals surface area contributed by atoms with E-state index in [1.165, 1.54) is 0 Å². The van der Waals surface area contributed by atoms with Gasteiger partial charge in [-0.15, -0.1) is 0 Å². The third kappa shape index (κ3) is 3.43. The molecule has 23 heavy (non-hydrogen) atoms. The Morgan fingerprint density at radius 1 is 1.09 bits per heavy atom. The van der Waals surface area contributed by atoms with Gasteiger partial charge in [0, 0.05) is 5.56 Å². The molecule has 2 aromatic carbocycles. The molecule has 0 saturated carbocycles. The fourth-order valence-electron chi connectivity index (χ4n) is 2.42. The molecule has 0 aliphatic carbocycles. The van der Waals surface area contributed by atoms with Crippen LogP contribution in [0.15, 0.2) is 59.0 Å². The molecule has 0 radical (unpaired) electrons. The van der Waals surface area contributed by atoms with Crippen molar-refractivity contribution in [1.29, 1.82) is 0 Å². The second-order valence-electron chi connectivity index (χ2n) is 5.39. The van der Waals surface area contributed by atoms with Crippen LogP contribution in [0.2, 0.25) is 0 Å². The normalized spacial score (nSPS) is 12.1. The van der Waals surface area contributed by atoms with Crippen molar-refractivity contribution >= 4 is 0 Å². The van der Waals surface area contributed by atoms with Crippen molar-refractivity contribution in [3.05, 3.63) is 71.6 Å². The van der Waals surface area contributed by atoms with E-state index in [0.29, 0.717) is 5.89 Å². The van der Waals surface area contributed by atoms with E-state index < -0.39 is 0 Å². The van der Waals surface area contributed by atoms with Crippen molar-refractivity contribution in [3.63, 3.8) is 0 Å². The Bertz CT molecular complexity index is 763. The van der Waals surface area contributed by atoms with Crippen LogP contribution in [-0.4, -0.2) is 10.1 Å². The topological polar surface area (TPSA) is 55.5 Å². The van der Waals surface area contributed by atoms with E-state index in [1.807, 2.05) is 68.4 Å². The molecule has 0 spiro atoms. The lowest BCUT2D eigenvalue weighted by Gasteiger charge is -2.13. The van der Waals surface area contributed by atoms with E-state index in [4.69, 9.17) is 14.3 Å². The Balaban J connectivity index is 1.79. The number of aliphatic hydroxyl groups excluding tert-OH is 1. The van der Waals surface area contributed by atoms with Gasteiger partial charge in [-0.1, -0.05) is 30.3 Å². The number of oxazole rings is 1. The summed E-state index contributed by atoms with van der Waals surface area (Å²) in [6.07, 6.45) is -0.226. The number of aliphatic hydroxyl groups is 1. The molecule has 0 aliphatic rings. The van der Waals surface area contributed by atoms with Crippen molar-refractivity contribution in [2.75, 3.05) is 0 Å². The minimum Gasteiger partial charge on any atom is -0.484 e. The van der Waals surface area contributed by atoms with Gasteiger partial charge < -0.3 is 14.3 Å². The van der Waals surface area contributed by atoms with Crippen molar-refractivity contribution in [2.45, 2.75) is 26.6 Å². The zero-order valence-corrected chi connectivity index (χ0v) is 13.2. The Labute approximate surface area is 135 Å². The summed E-state index contributed by atoms with van der Waals surface area (Å²) >= 11 is 0. The third-order valence-corrected chi connectivity index (χ3v) is 3.66. The quantitative estimate of drug-likeness (QED) is 0.764.